The van der Waals surface area contributed by atoms with Gasteiger partial charge in [-0.15, -0.1) is 6.42 Å². The van der Waals surface area contributed by atoms with E-state index in [2.05, 4.69) is 11.2 Å². The molecule has 1 aromatic carbocycles. The Morgan fingerprint density at radius 1 is 1.33 bits per heavy atom. The predicted molar refractivity (Wildman–Crippen MR) is 83.7 cm³/mol. The molecule has 0 aliphatic heterocycles. The number of hydrogen-bond donors (Lipinski definition) is 1. The van der Waals surface area contributed by atoms with E-state index < -0.39 is 10.0 Å². The summed E-state index contributed by atoms with van der Waals surface area (Å²) < 4.78 is 31.7. The molecule has 0 aliphatic carbocycles. The minimum absolute atomic E-state index is 0.0800. The number of terminal acetylenes is 1. The molecule has 0 saturated carbocycles. The monoisotopic (exact) mass is 310 g/mol. The molecule has 5 nitrogen and oxygen atoms in total. The molecular weight excluding hydrogens is 288 g/mol. The Hall–Kier alpha value is -1.55. The lowest BCUT2D eigenvalue weighted by molar-refractivity contribution is 0.318. The van der Waals surface area contributed by atoms with Gasteiger partial charge in [0.25, 0.3) is 0 Å². The van der Waals surface area contributed by atoms with Crippen LogP contribution < -0.4 is 10.1 Å². The van der Waals surface area contributed by atoms with Crippen LogP contribution in [0.4, 0.5) is 0 Å². The number of likely N-dealkylation sites (N-methyl/N-ethyl adjacent to an activating group) is 1. The normalized spacial score (nSPS) is 11.3. The fraction of sp³-hybridized carbons (Fsp3) is 0.467. The summed E-state index contributed by atoms with van der Waals surface area (Å²) in [6.45, 7) is 3.66. The Labute approximate surface area is 127 Å². The first kappa shape index (κ1) is 17.5. The topological polar surface area (TPSA) is 58.6 Å². The van der Waals surface area contributed by atoms with Crippen LogP contribution in [-0.2, 0) is 10.0 Å². The van der Waals surface area contributed by atoms with E-state index in [4.69, 9.17) is 11.2 Å². The van der Waals surface area contributed by atoms with E-state index in [-0.39, 0.29) is 11.4 Å². The number of hydrogen-bond acceptors (Lipinski definition) is 4. The second kappa shape index (κ2) is 8.67. The lowest BCUT2D eigenvalue weighted by Crippen LogP contribution is -2.32. The lowest BCUT2D eigenvalue weighted by Gasteiger charge is -2.19. The Morgan fingerprint density at radius 3 is 2.52 bits per heavy atom. The van der Waals surface area contributed by atoms with E-state index >= 15 is 0 Å². The van der Waals surface area contributed by atoms with Gasteiger partial charge in [0.2, 0.25) is 10.0 Å². The van der Waals surface area contributed by atoms with Crippen molar-refractivity contribution in [1.82, 2.24) is 9.62 Å². The highest BCUT2D eigenvalue weighted by atomic mass is 32.2. The van der Waals surface area contributed by atoms with Crippen LogP contribution in [0.3, 0.4) is 0 Å². The molecule has 0 aliphatic rings. The van der Waals surface area contributed by atoms with Crippen LogP contribution in [-0.4, -0.2) is 46.0 Å². The molecule has 0 saturated heterocycles. The van der Waals surface area contributed by atoms with Crippen LogP contribution in [0.1, 0.15) is 13.3 Å². The molecule has 0 amide bonds. The third kappa shape index (κ3) is 5.05. The summed E-state index contributed by atoms with van der Waals surface area (Å²) in [5, 5.41) is 2.97. The summed E-state index contributed by atoms with van der Waals surface area (Å²) in [6.07, 6.45) is 5.96. The molecule has 21 heavy (non-hydrogen) atoms. The number of benzene rings is 1. The molecule has 1 rings (SSSR count). The van der Waals surface area contributed by atoms with Crippen LogP contribution in [0.15, 0.2) is 29.2 Å². The second-order valence-corrected chi connectivity index (χ2v) is 6.40. The molecule has 0 heterocycles. The van der Waals surface area contributed by atoms with Gasteiger partial charge in [0, 0.05) is 13.1 Å². The summed E-state index contributed by atoms with van der Waals surface area (Å²) in [7, 11) is -1.70. The average Bonchev–Trinajstić information content (AvgIpc) is 2.48. The summed E-state index contributed by atoms with van der Waals surface area (Å²) in [5.41, 5.74) is 0. The highest BCUT2D eigenvalue weighted by molar-refractivity contribution is 7.89. The SMILES string of the molecule is C#CCN(CCC)S(=O)(=O)c1ccc(OCCNC)cc1. The van der Waals surface area contributed by atoms with Crippen LogP contribution in [0.2, 0.25) is 0 Å². The van der Waals surface area contributed by atoms with Crippen molar-refractivity contribution in [3.63, 3.8) is 0 Å². The highest BCUT2D eigenvalue weighted by Crippen LogP contribution is 2.19. The Morgan fingerprint density at radius 2 is 2.00 bits per heavy atom. The van der Waals surface area contributed by atoms with Crippen molar-refractivity contribution in [2.24, 2.45) is 0 Å². The molecule has 1 aromatic rings. The summed E-state index contributed by atoms with van der Waals surface area (Å²) in [6, 6.07) is 6.40. The summed E-state index contributed by atoms with van der Waals surface area (Å²) in [5.74, 6) is 3.03. The Bertz CT molecular complexity index is 562. The van der Waals surface area contributed by atoms with Gasteiger partial charge in [0.1, 0.15) is 12.4 Å². The maximum Gasteiger partial charge on any atom is 0.243 e. The molecule has 0 bridgehead atoms. The number of nitrogens with one attached hydrogen (secondary N) is 1. The minimum Gasteiger partial charge on any atom is -0.492 e. The molecule has 0 unspecified atom stereocenters. The zero-order valence-electron chi connectivity index (χ0n) is 12.5. The first-order chi connectivity index (χ1) is 10.1. The van der Waals surface area contributed by atoms with Crippen molar-refractivity contribution in [2.45, 2.75) is 18.2 Å². The zero-order valence-corrected chi connectivity index (χ0v) is 13.3. The van der Waals surface area contributed by atoms with Gasteiger partial charge in [-0.25, -0.2) is 8.42 Å². The van der Waals surface area contributed by atoms with E-state index in [0.717, 1.165) is 6.54 Å². The van der Waals surface area contributed by atoms with Crippen LogP contribution in [0.25, 0.3) is 0 Å². The average molecular weight is 310 g/mol. The predicted octanol–water partition coefficient (Wildman–Crippen LogP) is 1.32. The van der Waals surface area contributed by atoms with Gasteiger partial charge in [-0.1, -0.05) is 12.8 Å². The highest BCUT2D eigenvalue weighted by Gasteiger charge is 2.22. The van der Waals surface area contributed by atoms with Crippen molar-refractivity contribution < 1.29 is 13.2 Å². The van der Waals surface area contributed by atoms with Crippen LogP contribution >= 0.6 is 0 Å². The summed E-state index contributed by atoms with van der Waals surface area (Å²) in [4.78, 5) is 0.229. The van der Waals surface area contributed by atoms with E-state index in [1.165, 1.54) is 4.31 Å². The molecule has 0 atom stereocenters. The standard InChI is InChI=1S/C15H22N2O3S/c1-4-11-17(12-5-2)21(18,19)15-8-6-14(7-9-15)20-13-10-16-3/h1,6-9,16H,5,10-13H2,2-3H3. The minimum atomic E-state index is -3.54. The quantitative estimate of drug-likeness (QED) is 0.552. The van der Waals surface area contributed by atoms with Crippen molar-refractivity contribution in [1.29, 1.82) is 0 Å². The maximum absolute atomic E-state index is 12.5. The van der Waals surface area contributed by atoms with E-state index in [9.17, 15) is 8.42 Å². The van der Waals surface area contributed by atoms with Gasteiger partial charge in [-0.2, -0.15) is 4.31 Å². The Balaban J connectivity index is 2.85. The first-order valence-electron chi connectivity index (χ1n) is 6.87. The maximum atomic E-state index is 12.5. The third-order valence-corrected chi connectivity index (χ3v) is 4.68. The van der Waals surface area contributed by atoms with Crippen molar-refractivity contribution in [3.8, 4) is 18.1 Å². The van der Waals surface area contributed by atoms with Gasteiger partial charge in [0.05, 0.1) is 11.4 Å². The largest absolute Gasteiger partial charge is 0.492 e. The van der Waals surface area contributed by atoms with E-state index in [1.807, 2.05) is 14.0 Å². The fourth-order valence-electron chi connectivity index (χ4n) is 1.76. The molecule has 0 aromatic heterocycles. The van der Waals surface area contributed by atoms with Gasteiger partial charge in [-0.3, -0.25) is 0 Å². The van der Waals surface area contributed by atoms with Gasteiger partial charge in [-0.05, 0) is 37.7 Å². The van der Waals surface area contributed by atoms with Crippen molar-refractivity contribution >= 4 is 10.0 Å². The number of rotatable bonds is 9. The van der Waals surface area contributed by atoms with Crippen LogP contribution in [0, 0.1) is 12.3 Å². The van der Waals surface area contributed by atoms with Gasteiger partial charge in [0.15, 0.2) is 0 Å². The summed E-state index contributed by atoms with van der Waals surface area (Å²) >= 11 is 0. The third-order valence-electron chi connectivity index (χ3n) is 2.82. The van der Waals surface area contributed by atoms with Crippen molar-refractivity contribution in [2.75, 3.05) is 33.3 Å². The first-order valence-corrected chi connectivity index (χ1v) is 8.31. The van der Waals surface area contributed by atoms with E-state index in [1.54, 1.807) is 24.3 Å². The van der Waals surface area contributed by atoms with Crippen molar-refractivity contribution in [3.05, 3.63) is 24.3 Å². The molecule has 6 heteroatoms. The number of nitrogens with zero attached hydrogens (tertiary/aromatic N) is 1. The van der Waals surface area contributed by atoms with Gasteiger partial charge >= 0.3 is 0 Å². The molecule has 0 spiro atoms. The van der Waals surface area contributed by atoms with Gasteiger partial charge < -0.3 is 10.1 Å². The molecule has 0 radical (unpaired) electrons. The number of sulfonamides is 1. The second-order valence-electron chi connectivity index (χ2n) is 4.47. The number of ether oxygens (including phenoxy) is 1. The fourth-order valence-corrected chi connectivity index (χ4v) is 3.21. The molecule has 1 N–H and O–H groups in total. The van der Waals surface area contributed by atoms with E-state index in [0.29, 0.717) is 25.3 Å². The smallest absolute Gasteiger partial charge is 0.243 e. The Kier molecular flexibility index (Phi) is 7.23. The lowest BCUT2D eigenvalue weighted by atomic mass is 10.3. The zero-order chi connectivity index (χ0) is 15.7. The molecular formula is C15H22N2O3S. The molecule has 0 fully saturated rings. The molecule has 116 valence electrons. The van der Waals surface area contributed by atoms with Crippen LogP contribution in [0.5, 0.6) is 5.75 Å².